The summed E-state index contributed by atoms with van der Waals surface area (Å²) in [5.74, 6) is 3.00. The molecule has 2 aliphatic carbocycles. The number of fused-ring (bicyclic) bond motifs is 2. The molecule has 1 heteroatoms. The maximum absolute atomic E-state index is 12.0. The van der Waals surface area contributed by atoms with Crippen molar-refractivity contribution in [1.82, 2.24) is 0 Å². The molecule has 0 N–H and O–H groups in total. The molecule has 0 amide bonds. The molecule has 2 rings (SSSR count). The van der Waals surface area contributed by atoms with Crippen LogP contribution in [0.5, 0.6) is 0 Å². The average Bonchev–Trinajstić information content (AvgIpc) is 2.84. The quantitative estimate of drug-likeness (QED) is 0.563. The van der Waals surface area contributed by atoms with Gasteiger partial charge in [0.2, 0.25) is 0 Å². The van der Waals surface area contributed by atoms with Crippen molar-refractivity contribution in [2.45, 2.75) is 90.4 Å². The predicted molar refractivity (Wildman–Crippen MR) is 81.2 cm³/mol. The Kier molecular flexibility index (Phi) is 6.40. The maximum atomic E-state index is 12.0. The summed E-state index contributed by atoms with van der Waals surface area (Å²) in [4.78, 5) is 12.0. The first kappa shape index (κ1) is 15.1. The molecule has 110 valence electrons. The second-order valence-corrected chi connectivity index (χ2v) is 7.17. The highest BCUT2D eigenvalue weighted by atomic mass is 16.1. The van der Waals surface area contributed by atoms with E-state index in [1.54, 1.807) is 0 Å². The van der Waals surface area contributed by atoms with Gasteiger partial charge in [-0.05, 0) is 37.0 Å². The van der Waals surface area contributed by atoms with Crippen LogP contribution in [-0.2, 0) is 4.79 Å². The fourth-order valence-corrected chi connectivity index (χ4v) is 4.16. The lowest BCUT2D eigenvalue weighted by Crippen LogP contribution is -2.13. The van der Waals surface area contributed by atoms with Gasteiger partial charge in [-0.15, -0.1) is 0 Å². The highest BCUT2D eigenvalue weighted by Gasteiger charge is 2.29. The zero-order valence-corrected chi connectivity index (χ0v) is 12.8. The van der Waals surface area contributed by atoms with Crippen LogP contribution in [0.1, 0.15) is 90.4 Å². The number of hydrogen-bond acceptors (Lipinski definition) is 1. The van der Waals surface area contributed by atoms with Crippen LogP contribution in [0.4, 0.5) is 0 Å². The van der Waals surface area contributed by atoms with Crippen LogP contribution < -0.4 is 0 Å². The minimum Gasteiger partial charge on any atom is -0.300 e. The van der Waals surface area contributed by atoms with E-state index in [2.05, 4.69) is 6.92 Å². The molecule has 0 aromatic rings. The van der Waals surface area contributed by atoms with Crippen molar-refractivity contribution in [1.29, 1.82) is 0 Å². The molecule has 1 nitrogen and oxygen atoms in total. The molecule has 0 spiro atoms. The fourth-order valence-electron chi connectivity index (χ4n) is 4.16. The second kappa shape index (κ2) is 8.07. The molecule has 2 unspecified atom stereocenters. The number of ketones is 1. The van der Waals surface area contributed by atoms with Crippen molar-refractivity contribution in [2.24, 2.45) is 17.8 Å². The Morgan fingerprint density at radius 2 is 1.53 bits per heavy atom. The van der Waals surface area contributed by atoms with Crippen molar-refractivity contribution >= 4 is 5.78 Å². The third-order valence-electron chi connectivity index (χ3n) is 5.50. The molecule has 0 aromatic heterocycles. The summed E-state index contributed by atoms with van der Waals surface area (Å²) in [7, 11) is 0. The molecule has 2 fully saturated rings. The first-order valence-corrected chi connectivity index (χ1v) is 8.77. The fraction of sp³-hybridized carbons (Fsp3) is 0.944. The molecule has 2 bridgehead atoms. The minimum atomic E-state index is 0.533. The predicted octanol–water partition coefficient (Wildman–Crippen LogP) is 5.52. The number of carbonyl (C=O) groups excluding carboxylic acids is 1. The van der Waals surface area contributed by atoms with Crippen molar-refractivity contribution in [3.63, 3.8) is 0 Å². The van der Waals surface area contributed by atoms with Crippen LogP contribution in [0.2, 0.25) is 0 Å². The van der Waals surface area contributed by atoms with Gasteiger partial charge >= 0.3 is 0 Å². The summed E-state index contributed by atoms with van der Waals surface area (Å²) in [5.41, 5.74) is 0. The molecule has 3 atom stereocenters. The molecule has 0 saturated heterocycles. The molecule has 0 aliphatic heterocycles. The van der Waals surface area contributed by atoms with Gasteiger partial charge in [0.25, 0.3) is 0 Å². The van der Waals surface area contributed by atoms with Gasteiger partial charge in [0.05, 0.1) is 0 Å². The Morgan fingerprint density at radius 3 is 2.32 bits per heavy atom. The molecule has 0 heterocycles. The van der Waals surface area contributed by atoms with E-state index in [-0.39, 0.29) is 0 Å². The molecule has 0 aromatic carbocycles. The SMILES string of the molecule is CC1CC(=O)CCCCCCCCCC2CC[C@@H]1C2. The van der Waals surface area contributed by atoms with Crippen molar-refractivity contribution in [2.75, 3.05) is 0 Å². The molecule has 2 aliphatic rings. The van der Waals surface area contributed by atoms with Crippen LogP contribution in [0.25, 0.3) is 0 Å². The summed E-state index contributed by atoms with van der Waals surface area (Å²) in [6, 6.07) is 0. The van der Waals surface area contributed by atoms with E-state index < -0.39 is 0 Å². The lowest BCUT2D eigenvalue weighted by molar-refractivity contribution is -0.120. The molecule has 2 saturated carbocycles. The van der Waals surface area contributed by atoms with Crippen LogP contribution in [0, 0.1) is 17.8 Å². The van der Waals surface area contributed by atoms with E-state index in [0.717, 1.165) is 31.1 Å². The third kappa shape index (κ3) is 5.28. The van der Waals surface area contributed by atoms with Gasteiger partial charge in [0, 0.05) is 12.8 Å². The van der Waals surface area contributed by atoms with Gasteiger partial charge in [0.15, 0.2) is 0 Å². The lowest BCUT2D eigenvalue weighted by atomic mass is 9.86. The monoisotopic (exact) mass is 264 g/mol. The first-order chi connectivity index (χ1) is 9.25. The Labute approximate surface area is 119 Å². The largest absolute Gasteiger partial charge is 0.300 e. The van der Waals surface area contributed by atoms with E-state index >= 15 is 0 Å². The van der Waals surface area contributed by atoms with E-state index in [1.165, 1.54) is 64.2 Å². The zero-order valence-electron chi connectivity index (χ0n) is 12.8. The maximum Gasteiger partial charge on any atom is 0.133 e. The summed E-state index contributed by atoms with van der Waals surface area (Å²) < 4.78 is 0. The van der Waals surface area contributed by atoms with Gasteiger partial charge < -0.3 is 0 Å². The molecule has 19 heavy (non-hydrogen) atoms. The Morgan fingerprint density at radius 1 is 0.842 bits per heavy atom. The van der Waals surface area contributed by atoms with Crippen molar-refractivity contribution in [3.05, 3.63) is 0 Å². The van der Waals surface area contributed by atoms with Crippen molar-refractivity contribution < 1.29 is 4.79 Å². The Bertz CT molecular complexity index is 271. The van der Waals surface area contributed by atoms with Crippen LogP contribution >= 0.6 is 0 Å². The minimum absolute atomic E-state index is 0.533. The highest BCUT2D eigenvalue weighted by molar-refractivity contribution is 5.78. The van der Waals surface area contributed by atoms with Crippen LogP contribution in [0.3, 0.4) is 0 Å². The van der Waals surface area contributed by atoms with Crippen molar-refractivity contribution in [3.8, 4) is 0 Å². The summed E-state index contributed by atoms with van der Waals surface area (Å²) in [6.45, 7) is 2.32. The normalized spacial score (nSPS) is 35.6. The Hall–Kier alpha value is -0.330. The summed E-state index contributed by atoms with van der Waals surface area (Å²) in [6.07, 6.45) is 16.8. The van der Waals surface area contributed by atoms with E-state index in [9.17, 15) is 4.79 Å². The molecule has 0 radical (unpaired) electrons. The van der Waals surface area contributed by atoms with Crippen LogP contribution in [0.15, 0.2) is 0 Å². The van der Waals surface area contributed by atoms with E-state index in [1.807, 2.05) is 0 Å². The number of carbonyl (C=O) groups is 1. The number of rotatable bonds is 0. The second-order valence-electron chi connectivity index (χ2n) is 7.17. The standard InChI is InChI=1S/C18H32O/c1-15-13-18(19)10-8-6-4-2-3-5-7-9-16-11-12-17(15)14-16/h15-17H,2-14H2,1H3/t15?,16?,17-/m1/s1. The molecular weight excluding hydrogens is 232 g/mol. The number of hydrogen-bond donors (Lipinski definition) is 0. The van der Waals surface area contributed by atoms with Gasteiger partial charge in [-0.1, -0.05) is 58.3 Å². The molecular formula is C18H32O. The van der Waals surface area contributed by atoms with Gasteiger partial charge in [-0.2, -0.15) is 0 Å². The third-order valence-corrected chi connectivity index (χ3v) is 5.50. The Balaban J connectivity index is 1.83. The smallest absolute Gasteiger partial charge is 0.133 e. The zero-order chi connectivity index (χ0) is 13.5. The number of Topliss-reactive ketones (excluding diaryl/α,β-unsaturated/α-hetero) is 1. The topological polar surface area (TPSA) is 17.1 Å². The van der Waals surface area contributed by atoms with Crippen LogP contribution in [-0.4, -0.2) is 5.78 Å². The summed E-state index contributed by atoms with van der Waals surface area (Å²) in [5, 5.41) is 0. The lowest BCUT2D eigenvalue weighted by Gasteiger charge is -2.18. The van der Waals surface area contributed by atoms with Gasteiger partial charge in [0.1, 0.15) is 5.78 Å². The average molecular weight is 264 g/mol. The highest BCUT2D eigenvalue weighted by Crippen LogP contribution is 2.39. The first-order valence-electron chi connectivity index (χ1n) is 8.77. The van der Waals surface area contributed by atoms with E-state index in [4.69, 9.17) is 0 Å². The van der Waals surface area contributed by atoms with Gasteiger partial charge in [-0.25, -0.2) is 0 Å². The van der Waals surface area contributed by atoms with E-state index in [0.29, 0.717) is 11.7 Å². The summed E-state index contributed by atoms with van der Waals surface area (Å²) >= 11 is 0. The van der Waals surface area contributed by atoms with Gasteiger partial charge in [-0.3, -0.25) is 4.79 Å².